The SMILES string of the molecule is COC1(C)CCCN(Cc2cccc(C#CCCO)c2)C1. The van der Waals surface area contributed by atoms with Crippen molar-refractivity contribution in [1.82, 2.24) is 4.90 Å². The van der Waals surface area contributed by atoms with Crippen molar-refractivity contribution in [2.75, 3.05) is 26.8 Å². The highest BCUT2D eigenvalue weighted by atomic mass is 16.5. The number of methoxy groups -OCH3 is 1. The molecule has 1 saturated heterocycles. The lowest BCUT2D eigenvalue weighted by Crippen LogP contribution is -2.46. The first-order chi connectivity index (χ1) is 10.1. The molecule has 0 amide bonds. The maximum absolute atomic E-state index is 8.77. The van der Waals surface area contributed by atoms with Gasteiger partial charge in [-0.1, -0.05) is 24.0 Å². The number of rotatable bonds is 4. The Morgan fingerprint density at radius 2 is 2.29 bits per heavy atom. The fourth-order valence-electron chi connectivity index (χ4n) is 2.84. The molecule has 0 radical (unpaired) electrons. The average Bonchev–Trinajstić information content (AvgIpc) is 2.48. The molecule has 0 bridgehead atoms. The van der Waals surface area contributed by atoms with E-state index in [0.29, 0.717) is 6.42 Å². The fourth-order valence-corrected chi connectivity index (χ4v) is 2.84. The molecular weight excluding hydrogens is 262 g/mol. The second kappa shape index (κ2) is 7.61. The summed E-state index contributed by atoms with van der Waals surface area (Å²) in [6.07, 6.45) is 2.84. The van der Waals surface area contributed by atoms with Crippen molar-refractivity contribution in [2.24, 2.45) is 0 Å². The molecule has 1 aromatic rings. The smallest absolute Gasteiger partial charge is 0.0777 e. The summed E-state index contributed by atoms with van der Waals surface area (Å²) in [5, 5.41) is 8.77. The highest BCUT2D eigenvalue weighted by Gasteiger charge is 2.30. The quantitative estimate of drug-likeness (QED) is 0.863. The van der Waals surface area contributed by atoms with Crippen molar-refractivity contribution >= 4 is 0 Å². The molecule has 1 heterocycles. The molecule has 0 aliphatic carbocycles. The minimum absolute atomic E-state index is 0.0171. The van der Waals surface area contributed by atoms with Crippen molar-refractivity contribution in [3.63, 3.8) is 0 Å². The lowest BCUT2D eigenvalue weighted by Gasteiger charge is -2.39. The number of hydrogen-bond donors (Lipinski definition) is 1. The Morgan fingerprint density at radius 1 is 1.43 bits per heavy atom. The highest BCUT2D eigenvalue weighted by molar-refractivity contribution is 5.37. The summed E-state index contributed by atoms with van der Waals surface area (Å²) in [6.45, 7) is 5.35. The summed E-state index contributed by atoms with van der Waals surface area (Å²) in [5.74, 6) is 6.07. The van der Waals surface area contributed by atoms with Crippen LogP contribution in [0.3, 0.4) is 0 Å². The van der Waals surface area contributed by atoms with Gasteiger partial charge in [0.15, 0.2) is 0 Å². The first-order valence-electron chi connectivity index (χ1n) is 7.61. The van der Waals surface area contributed by atoms with Crippen LogP contribution in [-0.2, 0) is 11.3 Å². The van der Waals surface area contributed by atoms with Gasteiger partial charge in [-0.05, 0) is 44.0 Å². The minimum atomic E-state index is -0.0171. The van der Waals surface area contributed by atoms with Crippen LogP contribution in [-0.4, -0.2) is 42.4 Å². The van der Waals surface area contributed by atoms with E-state index in [4.69, 9.17) is 9.84 Å². The van der Waals surface area contributed by atoms with E-state index in [9.17, 15) is 0 Å². The van der Waals surface area contributed by atoms with Gasteiger partial charge < -0.3 is 9.84 Å². The zero-order chi connectivity index (χ0) is 15.1. The monoisotopic (exact) mass is 287 g/mol. The molecule has 21 heavy (non-hydrogen) atoms. The van der Waals surface area contributed by atoms with Crippen LogP contribution in [0.1, 0.15) is 37.3 Å². The Morgan fingerprint density at radius 3 is 3.05 bits per heavy atom. The van der Waals surface area contributed by atoms with Gasteiger partial charge in [-0.3, -0.25) is 4.90 Å². The summed E-state index contributed by atoms with van der Waals surface area (Å²) in [4.78, 5) is 2.45. The van der Waals surface area contributed by atoms with Gasteiger partial charge >= 0.3 is 0 Å². The van der Waals surface area contributed by atoms with E-state index >= 15 is 0 Å². The lowest BCUT2D eigenvalue weighted by atomic mass is 9.94. The van der Waals surface area contributed by atoms with Crippen molar-refractivity contribution < 1.29 is 9.84 Å². The van der Waals surface area contributed by atoms with Gasteiger partial charge in [0.1, 0.15) is 0 Å². The van der Waals surface area contributed by atoms with E-state index in [1.807, 2.05) is 6.07 Å². The van der Waals surface area contributed by atoms with Crippen LogP contribution in [0.2, 0.25) is 0 Å². The van der Waals surface area contributed by atoms with E-state index < -0.39 is 0 Å². The molecule has 1 fully saturated rings. The Balaban J connectivity index is 2.00. The normalized spacial score (nSPS) is 22.6. The number of hydrogen-bond acceptors (Lipinski definition) is 3. The van der Waals surface area contributed by atoms with Crippen molar-refractivity contribution in [3.8, 4) is 11.8 Å². The molecule has 3 heteroatoms. The van der Waals surface area contributed by atoms with Crippen LogP contribution in [0.5, 0.6) is 0 Å². The third kappa shape index (κ3) is 4.86. The molecule has 1 aromatic carbocycles. The molecular formula is C18H25NO2. The maximum Gasteiger partial charge on any atom is 0.0777 e. The predicted octanol–water partition coefficient (Wildman–Crippen LogP) is 2.42. The van der Waals surface area contributed by atoms with Gasteiger partial charge in [0, 0.05) is 32.2 Å². The molecule has 0 spiro atoms. The summed E-state index contributed by atoms with van der Waals surface area (Å²) in [7, 11) is 1.81. The number of piperidine rings is 1. The molecule has 2 rings (SSSR count). The molecule has 1 aliphatic rings. The summed E-state index contributed by atoms with van der Waals surface area (Å²) in [6, 6.07) is 8.36. The summed E-state index contributed by atoms with van der Waals surface area (Å²) in [5.41, 5.74) is 2.29. The average molecular weight is 287 g/mol. The molecule has 3 nitrogen and oxygen atoms in total. The third-order valence-electron chi connectivity index (χ3n) is 4.03. The van der Waals surface area contributed by atoms with Crippen LogP contribution in [0.4, 0.5) is 0 Å². The van der Waals surface area contributed by atoms with Gasteiger partial charge in [0.25, 0.3) is 0 Å². The van der Waals surface area contributed by atoms with Gasteiger partial charge in [0.05, 0.1) is 12.2 Å². The maximum atomic E-state index is 8.77. The largest absolute Gasteiger partial charge is 0.395 e. The Labute approximate surface area is 127 Å². The number of ether oxygens (including phenoxy) is 1. The minimum Gasteiger partial charge on any atom is -0.395 e. The third-order valence-corrected chi connectivity index (χ3v) is 4.03. The van der Waals surface area contributed by atoms with Gasteiger partial charge in [-0.15, -0.1) is 0 Å². The predicted molar refractivity (Wildman–Crippen MR) is 84.9 cm³/mol. The number of benzene rings is 1. The second-order valence-corrected chi connectivity index (χ2v) is 5.94. The first-order valence-corrected chi connectivity index (χ1v) is 7.61. The molecule has 0 saturated carbocycles. The van der Waals surface area contributed by atoms with Crippen LogP contribution in [0.15, 0.2) is 24.3 Å². The Hall–Kier alpha value is -1.34. The van der Waals surface area contributed by atoms with Gasteiger partial charge in [0.2, 0.25) is 0 Å². The number of likely N-dealkylation sites (tertiary alicyclic amines) is 1. The molecule has 1 aliphatic heterocycles. The van der Waals surface area contributed by atoms with E-state index in [-0.39, 0.29) is 12.2 Å². The van der Waals surface area contributed by atoms with E-state index in [1.165, 1.54) is 12.0 Å². The summed E-state index contributed by atoms with van der Waals surface area (Å²) < 4.78 is 5.65. The molecule has 1 unspecified atom stereocenters. The zero-order valence-corrected chi connectivity index (χ0v) is 13.1. The second-order valence-electron chi connectivity index (χ2n) is 5.94. The molecule has 114 valence electrons. The fraction of sp³-hybridized carbons (Fsp3) is 0.556. The van der Waals surface area contributed by atoms with Crippen LogP contribution >= 0.6 is 0 Å². The van der Waals surface area contributed by atoms with Crippen molar-refractivity contribution in [2.45, 2.75) is 38.3 Å². The van der Waals surface area contributed by atoms with Crippen LogP contribution in [0, 0.1) is 11.8 Å². The molecule has 1 atom stereocenters. The van der Waals surface area contributed by atoms with Gasteiger partial charge in [-0.2, -0.15) is 0 Å². The molecule has 1 N–H and O–H groups in total. The van der Waals surface area contributed by atoms with Crippen LogP contribution < -0.4 is 0 Å². The van der Waals surface area contributed by atoms with E-state index in [2.05, 4.69) is 41.9 Å². The van der Waals surface area contributed by atoms with Crippen molar-refractivity contribution in [3.05, 3.63) is 35.4 Å². The van der Waals surface area contributed by atoms with Crippen LogP contribution in [0.25, 0.3) is 0 Å². The number of nitrogens with zero attached hydrogens (tertiary/aromatic N) is 1. The first kappa shape index (κ1) is 16.0. The number of aliphatic hydroxyl groups is 1. The highest BCUT2D eigenvalue weighted by Crippen LogP contribution is 2.25. The Bertz CT molecular complexity index is 517. The standard InChI is InChI=1S/C18H25NO2/c1-18(21-2)10-6-11-19(15-18)14-17-9-5-8-16(13-17)7-3-4-12-20/h5,8-9,13,20H,4,6,10-12,14-15H2,1-2H3. The topological polar surface area (TPSA) is 32.7 Å². The lowest BCUT2D eigenvalue weighted by molar-refractivity contribution is -0.0527. The number of aliphatic hydroxyl groups excluding tert-OH is 1. The molecule has 0 aromatic heterocycles. The zero-order valence-electron chi connectivity index (χ0n) is 13.1. The van der Waals surface area contributed by atoms with E-state index in [1.54, 1.807) is 7.11 Å². The summed E-state index contributed by atoms with van der Waals surface area (Å²) >= 11 is 0. The van der Waals surface area contributed by atoms with Gasteiger partial charge in [-0.25, -0.2) is 0 Å². The van der Waals surface area contributed by atoms with Crippen molar-refractivity contribution in [1.29, 1.82) is 0 Å². The Kier molecular flexibility index (Phi) is 5.81. The van der Waals surface area contributed by atoms with E-state index in [0.717, 1.165) is 31.6 Å².